The predicted octanol–water partition coefficient (Wildman–Crippen LogP) is 4.08. The van der Waals surface area contributed by atoms with Crippen LogP contribution in [0.2, 0.25) is 0 Å². The van der Waals surface area contributed by atoms with Crippen molar-refractivity contribution >= 4 is 65.0 Å². The monoisotopic (exact) mass is 455 g/mol. The summed E-state index contributed by atoms with van der Waals surface area (Å²) in [7, 11) is 1.64. The average molecular weight is 457 g/mol. The molecule has 0 aliphatic rings. The van der Waals surface area contributed by atoms with Crippen molar-refractivity contribution in [3.63, 3.8) is 0 Å². The minimum Gasteiger partial charge on any atom is -0.320 e. The molecule has 0 spiro atoms. The van der Waals surface area contributed by atoms with Crippen molar-refractivity contribution in [2.45, 2.75) is 6.92 Å². The van der Waals surface area contributed by atoms with E-state index in [1.807, 2.05) is 18.2 Å². The first-order valence-electron chi connectivity index (χ1n) is 6.59. The molecular weight excluding hydrogens is 446 g/mol. The van der Waals surface area contributed by atoms with Crippen LogP contribution >= 0.6 is 43.2 Å². The number of hydrogen-bond donors (Lipinski definition) is 1. The number of carbonyl (C=O) groups is 1. The molecule has 1 N–H and O–H groups in total. The van der Waals surface area contributed by atoms with Gasteiger partial charge in [-0.3, -0.25) is 9.59 Å². The molecule has 2 heterocycles. The SMILES string of the molecule is Cc1c(C(=O)Nc2cc(Br)ccc2Br)sc2ncn(C)c(=O)c12. The summed E-state index contributed by atoms with van der Waals surface area (Å²) in [5.74, 6) is -0.258. The first kappa shape index (κ1) is 16.4. The second kappa shape index (κ2) is 6.18. The number of nitrogens with one attached hydrogen (secondary N) is 1. The van der Waals surface area contributed by atoms with Crippen molar-refractivity contribution in [3.05, 3.63) is 54.3 Å². The second-order valence-corrected chi connectivity index (χ2v) is 7.74. The lowest BCUT2D eigenvalue weighted by Crippen LogP contribution is -2.17. The smallest absolute Gasteiger partial charge is 0.266 e. The van der Waals surface area contributed by atoms with Gasteiger partial charge in [-0.25, -0.2) is 4.98 Å². The molecular formula is C15H11Br2N3O2S. The van der Waals surface area contributed by atoms with E-state index in [2.05, 4.69) is 42.2 Å². The van der Waals surface area contributed by atoms with Crippen LogP contribution in [-0.4, -0.2) is 15.5 Å². The van der Waals surface area contributed by atoms with Crippen LogP contribution in [0.3, 0.4) is 0 Å². The molecule has 0 unspecified atom stereocenters. The number of thiophene rings is 1. The molecule has 8 heteroatoms. The molecule has 0 aliphatic carbocycles. The fraction of sp³-hybridized carbons (Fsp3) is 0.133. The molecule has 5 nitrogen and oxygen atoms in total. The molecule has 118 valence electrons. The summed E-state index contributed by atoms with van der Waals surface area (Å²) in [6, 6.07) is 5.52. The highest BCUT2D eigenvalue weighted by Gasteiger charge is 2.19. The molecule has 0 bridgehead atoms. The summed E-state index contributed by atoms with van der Waals surface area (Å²) in [6.45, 7) is 1.77. The maximum absolute atomic E-state index is 12.6. The van der Waals surface area contributed by atoms with Gasteiger partial charge in [0.2, 0.25) is 0 Å². The molecule has 0 atom stereocenters. The third-order valence-electron chi connectivity index (χ3n) is 3.39. The van der Waals surface area contributed by atoms with Crippen LogP contribution in [-0.2, 0) is 7.05 Å². The van der Waals surface area contributed by atoms with Crippen LogP contribution in [0.5, 0.6) is 0 Å². The fourth-order valence-electron chi connectivity index (χ4n) is 2.20. The number of anilines is 1. The third kappa shape index (κ3) is 2.98. The standard InChI is InChI=1S/C15H11Br2N3O2S/c1-7-11-14(18-6-20(2)15(11)22)23-12(7)13(21)19-10-5-8(16)3-4-9(10)17/h3-6H,1-2H3,(H,19,21). The summed E-state index contributed by atoms with van der Waals surface area (Å²) in [6.07, 6.45) is 1.47. The predicted molar refractivity (Wildman–Crippen MR) is 99.4 cm³/mol. The first-order chi connectivity index (χ1) is 10.9. The first-order valence-corrected chi connectivity index (χ1v) is 9.00. The lowest BCUT2D eigenvalue weighted by Gasteiger charge is -2.07. The molecule has 1 aromatic carbocycles. The van der Waals surface area contributed by atoms with E-state index in [-0.39, 0.29) is 11.5 Å². The van der Waals surface area contributed by atoms with E-state index in [1.165, 1.54) is 22.2 Å². The minimum atomic E-state index is -0.258. The van der Waals surface area contributed by atoms with Gasteiger partial charge in [0.25, 0.3) is 11.5 Å². The number of benzene rings is 1. The zero-order chi connectivity index (χ0) is 16.7. The molecule has 0 aliphatic heterocycles. The Morgan fingerprint density at radius 3 is 2.83 bits per heavy atom. The van der Waals surface area contributed by atoms with Crippen molar-refractivity contribution in [1.82, 2.24) is 9.55 Å². The highest BCUT2D eigenvalue weighted by Crippen LogP contribution is 2.30. The lowest BCUT2D eigenvalue weighted by molar-refractivity contribution is 0.103. The van der Waals surface area contributed by atoms with Crippen molar-refractivity contribution in [3.8, 4) is 0 Å². The van der Waals surface area contributed by atoms with Crippen LogP contribution in [0.15, 0.2) is 38.3 Å². The van der Waals surface area contributed by atoms with Gasteiger partial charge in [0.15, 0.2) is 0 Å². The number of fused-ring (bicyclic) bond motifs is 1. The third-order valence-corrected chi connectivity index (χ3v) is 5.78. The van der Waals surface area contributed by atoms with Crippen molar-refractivity contribution in [2.24, 2.45) is 7.05 Å². The summed E-state index contributed by atoms with van der Waals surface area (Å²) in [4.78, 5) is 30.1. The van der Waals surface area contributed by atoms with Gasteiger partial charge in [0.05, 0.1) is 22.3 Å². The minimum absolute atomic E-state index is 0.147. The van der Waals surface area contributed by atoms with E-state index >= 15 is 0 Å². The molecule has 3 aromatic rings. The molecule has 0 fully saturated rings. The number of halogens is 2. The number of amides is 1. The topological polar surface area (TPSA) is 64.0 Å². The van der Waals surface area contributed by atoms with Gasteiger partial charge in [-0.15, -0.1) is 11.3 Å². The van der Waals surface area contributed by atoms with Crippen LogP contribution < -0.4 is 10.9 Å². The van der Waals surface area contributed by atoms with Gasteiger partial charge in [-0.1, -0.05) is 15.9 Å². The Balaban J connectivity index is 2.05. The molecule has 3 rings (SSSR count). The molecule has 0 radical (unpaired) electrons. The van der Waals surface area contributed by atoms with Crippen molar-refractivity contribution < 1.29 is 4.79 Å². The zero-order valence-corrected chi connectivity index (χ0v) is 16.2. The molecule has 2 aromatic heterocycles. The highest BCUT2D eigenvalue weighted by atomic mass is 79.9. The van der Waals surface area contributed by atoms with Gasteiger partial charge in [-0.05, 0) is 46.6 Å². The highest BCUT2D eigenvalue weighted by molar-refractivity contribution is 9.11. The number of nitrogens with zero attached hydrogens (tertiary/aromatic N) is 2. The largest absolute Gasteiger partial charge is 0.320 e. The molecule has 1 amide bonds. The summed E-state index contributed by atoms with van der Waals surface area (Å²) < 4.78 is 3.05. The van der Waals surface area contributed by atoms with E-state index in [9.17, 15) is 9.59 Å². The Bertz CT molecular complexity index is 994. The number of hydrogen-bond acceptors (Lipinski definition) is 4. The number of aromatic nitrogens is 2. The summed E-state index contributed by atoms with van der Waals surface area (Å²) in [5, 5.41) is 3.36. The normalized spacial score (nSPS) is 11.0. The van der Waals surface area contributed by atoms with Crippen LogP contribution in [0, 0.1) is 6.92 Å². The molecule has 23 heavy (non-hydrogen) atoms. The van der Waals surface area contributed by atoms with Crippen molar-refractivity contribution in [2.75, 3.05) is 5.32 Å². The van der Waals surface area contributed by atoms with E-state index in [4.69, 9.17) is 0 Å². The van der Waals surface area contributed by atoms with Crippen LogP contribution in [0.4, 0.5) is 5.69 Å². The van der Waals surface area contributed by atoms with E-state index in [0.29, 0.717) is 26.3 Å². The Morgan fingerprint density at radius 1 is 1.35 bits per heavy atom. The number of carbonyl (C=O) groups excluding carboxylic acids is 1. The molecule has 0 saturated heterocycles. The molecule has 0 saturated carbocycles. The second-order valence-electron chi connectivity index (χ2n) is 4.98. The maximum Gasteiger partial charge on any atom is 0.266 e. The van der Waals surface area contributed by atoms with E-state index < -0.39 is 0 Å². The van der Waals surface area contributed by atoms with Gasteiger partial charge in [0, 0.05) is 16.0 Å². The van der Waals surface area contributed by atoms with Gasteiger partial charge < -0.3 is 9.88 Å². The van der Waals surface area contributed by atoms with Crippen LogP contribution in [0.25, 0.3) is 10.2 Å². The Morgan fingerprint density at radius 2 is 2.09 bits per heavy atom. The number of rotatable bonds is 2. The maximum atomic E-state index is 12.6. The Hall–Kier alpha value is -1.51. The lowest BCUT2D eigenvalue weighted by atomic mass is 10.2. The van der Waals surface area contributed by atoms with E-state index in [0.717, 1.165) is 8.95 Å². The number of aryl methyl sites for hydroxylation is 2. The van der Waals surface area contributed by atoms with E-state index in [1.54, 1.807) is 14.0 Å². The van der Waals surface area contributed by atoms with Gasteiger partial charge in [-0.2, -0.15) is 0 Å². The van der Waals surface area contributed by atoms with Gasteiger partial charge >= 0.3 is 0 Å². The van der Waals surface area contributed by atoms with Gasteiger partial charge in [0.1, 0.15) is 4.83 Å². The summed E-state index contributed by atoms with van der Waals surface area (Å²) >= 11 is 8.01. The van der Waals surface area contributed by atoms with Crippen molar-refractivity contribution in [1.29, 1.82) is 0 Å². The average Bonchev–Trinajstić information content (AvgIpc) is 2.84. The Kier molecular flexibility index (Phi) is 4.39. The Labute approximate surface area is 152 Å². The fourth-order valence-corrected chi connectivity index (χ4v) is 3.94. The van der Waals surface area contributed by atoms with Crippen LogP contribution in [0.1, 0.15) is 15.2 Å². The zero-order valence-electron chi connectivity index (χ0n) is 12.2. The quantitative estimate of drug-likeness (QED) is 0.631. The summed E-state index contributed by atoms with van der Waals surface area (Å²) in [5.41, 5.74) is 1.16.